The summed E-state index contributed by atoms with van der Waals surface area (Å²) in [5, 5.41) is 32.3. The van der Waals surface area contributed by atoms with Gasteiger partial charge in [-0.3, -0.25) is 29.2 Å². The molecule has 0 bridgehead atoms. The molecule has 12 nitrogen and oxygen atoms in total. The number of hydrogen-bond acceptors (Lipinski definition) is 11. The van der Waals surface area contributed by atoms with Gasteiger partial charge in [0, 0.05) is 52.9 Å². The van der Waals surface area contributed by atoms with Crippen molar-refractivity contribution in [3.63, 3.8) is 0 Å². The second-order valence-electron chi connectivity index (χ2n) is 6.16. The third-order valence-electron chi connectivity index (χ3n) is 3.99. The van der Waals surface area contributed by atoms with Crippen molar-refractivity contribution >= 4 is 29.7 Å². The number of amides is 2. The summed E-state index contributed by atoms with van der Waals surface area (Å²) in [6.45, 7) is -1.38. The van der Waals surface area contributed by atoms with Gasteiger partial charge in [-0.15, -0.1) is 0 Å². The molecule has 0 N–H and O–H groups in total. The van der Waals surface area contributed by atoms with E-state index >= 15 is 0 Å². The van der Waals surface area contributed by atoms with Crippen LogP contribution in [0.4, 0.5) is 0 Å². The first-order valence-electron chi connectivity index (χ1n) is 8.14. The largest absolute Gasteiger partial charge is 0.549 e. The Labute approximate surface area is 155 Å². The monoisotopic (exact) mass is 385 g/mol. The van der Waals surface area contributed by atoms with Gasteiger partial charge in [-0.2, -0.15) is 0 Å². The number of nitrogens with zero attached hydrogens (tertiary/aromatic N) is 4. The van der Waals surface area contributed by atoms with Crippen LogP contribution >= 0.6 is 0 Å². The normalized spacial score (nSPS) is 15.6. The summed E-state index contributed by atoms with van der Waals surface area (Å²) in [4.78, 5) is 60.6. The van der Waals surface area contributed by atoms with E-state index in [-0.39, 0.29) is 51.1 Å². The molecule has 0 radical (unpaired) electrons. The predicted molar refractivity (Wildman–Crippen MR) is 82.1 cm³/mol. The lowest BCUT2D eigenvalue weighted by Crippen LogP contribution is -2.54. The molecular formula is C15H21N4O8-3. The highest BCUT2D eigenvalue weighted by atomic mass is 16.4. The first-order valence-corrected chi connectivity index (χ1v) is 8.14. The lowest BCUT2D eigenvalue weighted by Gasteiger charge is -2.33. The van der Waals surface area contributed by atoms with Crippen molar-refractivity contribution in [1.29, 1.82) is 0 Å². The maximum Gasteiger partial charge on any atom is 0.243 e. The molecule has 1 aliphatic heterocycles. The fourth-order valence-electron chi connectivity index (χ4n) is 2.55. The fraction of sp³-hybridized carbons (Fsp3) is 0.667. The Balaban J connectivity index is 2.60. The van der Waals surface area contributed by atoms with Gasteiger partial charge in [-0.1, -0.05) is 0 Å². The maximum atomic E-state index is 11.7. The lowest BCUT2D eigenvalue weighted by molar-refractivity contribution is -0.311. The van der Waals surface area contributed by atoms with Crippen molar-refractivity contribution < 1.29 is 39.3 Å². The van der Waals surface area contributed by atoms with Crippen molar-refractivity contribution in [3.8, 4) is 0 Å². The van der Waals surface area contributed by atoms with Gasteiger partial charge in [0.25, 0.3) is 0 Å². The number of carbonyl (C=O) groups excluding carboxylic acids is 5. The Morgan fingerprint density at radius 3 is 1.67 bits per heavy atom. The van der Waals surface area contributed by atoms with Crippen molar-refractivity contribution in [1.82, 2.24) is 19.6 Å². The van der Waals surface area contributed by atoms with E-state index in [1.165, 1.54) is 11.9 Å². The molecule has 152 valence electrons. The fourth-order valence-corrected chi connectivity index (χ4v) is 2.55. The van der Waals surface area contributed by atoms with Gasteiger partial charge in [0.15, 0.2) is 0 Å². The molecule has 12 heteroatoms. The number of rotatable bonds is 12. The van der Waals surface area contributed by atoms with Crippen molar-refractivity contribution in [2.45, 2.75) is 0 Å². The number of imide groups is 1. The first-order chi connectivity index (χ1) is 12.6. The molecular weight excluding hydrogens is 364 g/mol. The third-order valence-corrected chi connectivity index (χ3v) is 3.99. The molecule has 1 heterocycles. The van der Waals surface area contributed by atoms with E-state index in [0.29, 0.717) is 0 Å². The van der Waals surface area contributed by atoms with Crippen LogP contribution in [0.1, 0.15) is 0 Å². The van der Waals surface area contributed by atoms with Gasteiger partial charge >= 0.3 is 0 Å². The van der Waals surface area contributed by atoms with E-state index in [2.05, 4.69) is 0 Å². The van der Waals surface area contributed by atoms with Crippen molar-refractivity contribution in [2.75, 3.05) is 66.0 Å². The first kappa shape index (κ1) is 22.5. The lowest BCUT2D eigenvalue weighted by atomic mass is 10.3. The average Bonchev–Trinajstić information content (AvgIpc) is 2.53. The second kappa shape index (κ2) is 10.5. The zero-order valence-corrected chi connectivity index (χ0v) is 14.9. The molecule has 0 spiro atoms. The molecule has 0 saturated carbocycles. The van der Waals surface area contributed by atoms with Crippen LogP contribution in [0.3, 0.4) is 0 Å². The van der Waals surface area contributed by atoms with Gasteiger partial charge < -0.3 is 29.7 Å². The highest BCUT2D eigenvalue weighted by Gasteiger charge is 2.27. The number of carboxylic acid groups (broad SMARTS) is 3. The third kappa shape index (κ3) is 8.57. The van der Waals surface area contributed by atoms with Gasteiger partial charge in [0.2, 0.25) is 11.8 Å². The summed E-state index contributed by atoms with van der Waals surface area (Å²) in [7, 11) is 1.38. The van der Waals surface area contributed by atoms with Crippen LogP contribution in [0, 0.1) is 0 Å². The van der Waals surface area contributed by atoms with Gasteiger partial charge in [0.1, 0.15) is 0 Å². The van der Waals surface area contributed by atoms with Crippen molar-refractivity contribution in [3.05, 3.63) is 0 Å². The number of hydrogen-bond donors (Lipinski definition) is 0. The topological polar surface area (TPSA) is 167 Å². The standard InChI is InChI=1S/C15H24N4O8/c1-16-11(20)6-18(7-12(16)21)4-2-17(8-13(22)23)3-5-19(9-14(24)25)10-15(26)27/h2-10H2,1H3,(H,22,23)(H,24,25)(H,26,27)/p-3. The summed E-state index contributed by atoms with van der Waals surface area (Å²) in [6, 6.07) is 0. The summed E-state index contributed by atoms with van der Waals surface area (Å²) >= 11 is 0. The minimum absolute atomic E-state index is 0.0168. The molecule has 1 fully saturated rings. The number of carboxylic acids is 3. The Hall–Kier alpha value is -2.57. The Morgan fingerprint density at radius 1 is 0.815 bits per heavy atom. The number of likely N-dealkylation sites (N-methyl/N-ethyl adjacent to an activating group) is 1. The zero-order valence-electron chi connectivity index (χ0n) is 14.9. The summed E-state index contributed by atoms with van der Waals surface area (Å²) < 4.78 is 0. The van der Waals surface area contributed by atoms with Crippen LogP contribution in [0.15, 0.2) is 0 Å². The van der Waals surface area contributed by atoms with Gasteiger partial charge in [-0.25, -0.2) is 0 Å². The van der Waals surface area contributed by atoms with E-state index < -0.39 is 37.5 Å². The van der Waals surface area contributed by atoms with Crippen LogP contribution in [0.2, 0.25) is 0 Å². The Kier molecular flexibility index (Phi) is 8.78. The Bertz CT molecular complexity index is 562. The quantitative estimate of drug-likeness (QED) is 0.293. The number of carbonyl (C=O) groups is 5. The number of piperazine rings is 1. The SMILES string of the molecule is CN1C(=O)CN(CCN(CCN(CC(=O)[O-])CC(=O)[O-])CC(=O)[O-])CC1=O. The zero-order chi connectivity index (χ0) is 20.6. The molecule has 1 rings (SSSR count). The minimum Gasteiger partial charge on any atom is -0.549 e. The minimum atomic E-state index is -1.47. The van der Waals surface area contributed by atoms with Gasteiger partial charge in [-0.05, 0) is 0 Å². The van der Waals surface area contributed by atoms with Crippen molar-refractivity contribution in [2.24, 2.45) is 0 Å². The van der Waals surface area contributed by atoms with E-state index in [0.717, 1.165) is 9.80 Å². The smallest absolute Gasteiger partial charge is 0.243 e. The molecule has 0 aromatic heterocycles. The highest BCUT2D eigenvalue weighted by Crippen LogP contribution is 2.03. The second-order valence-corrected chi connectivity index (χ2v) is 6.16. The van der Waals surface area contributed by atoms with Crippen LogP contribution in [-0.4, -0.2) is 115 Å². The maximum absolute atomic E-state index is 11.7. The summed E-state index contributed by atoms with van der Waals surface area (Å²) in [5.74, 6) is -5.06. The Morgan fingerprint density at radius 2 is 1.22 bits per heavy atom. The number of aliphatic carboxylic acids is 3. The van der Waals surface area contributed by atoms with E-state index in [1.54, 1.807) is 4.90 Å². The van der Waals surface area contributed by atoms with Crippen LogP contribution in [0.5, 0.6) is 0 Å². The predicted octanol–water partition coefficient (Wildman–Crippen LogP) is -6.86. The molecule has 0 unspecified atom stereocenters. The molecule has 0 atom stereocenters. The molecule has 1 saturated heterocycles. The average molecular weight is 385 g/mol. The molecule has 0 aliphatic carbocycles. The highest BCUT2D eigenvalue weighted by molar-refractivity contribution is 5.99. The summed E-state index contributed by atoms with van der Waals surface area (Å²) in [6.07, 6.45) is 0. The molecule has 0 aromatic carbocycles. The van der Waals surface area contributed by atoms with Gasteiger partial charge in [0.05, 0.1) is 31.0 Å². The summed E-state index contributed by atoms with van der Waals surface area (Å²) in [5.41, 5.74) is 0. The van der Waals surface area contributed by atoms with Crippen LogP contribution < -0.4 is 15.3 Å². The van der Waals surface area contributed by atoms with Crippen LogP contribution in [-0.2, 0) is 24.0 Å². The van der Waals surface area contributed by atoms with Crippen LogP contribution in [0.25, 0.3) is 0 Å². The van der Waals surface area contributed by atoms with E-state index in [4.69, 9.17) is 0 Å². The molecule has 27 heavy (non-hydrogen) atoms. The van der Waals surface area contributed by atoms with E-state index in [9.17, 15) is 39.3 Å². The molecule has 1 aliphatic rings. The molecule has 0 aromatic rings. The van der Waals surface area contributed by atoms with E-state index in [1.807, 2.05) is 0 Å². The molecule has 2 amide bonds.